The molecule has 26 heavy (non-hydrogen) atoms. The van der Waals surface area contributed by atoms with Crippen LogP contribution in [0.5, 0.6) is 0 Å². The molecule has 0 saturated carbocycles. The van der Waals surface area contributed by atoms with Crippen molar-refractivity contribution >= 4 is 28.6 Å². The summed E-state index contributed by atoms with van der Waals surface area (Å²) in [4.78, 5) is 27.8. The van der Waals surface area contributed by atoms with E-state index in [9.17, 15) is 19.3 Å². The highest BCUT2D eigenvalue weighted by Crippen LogP contribution is 2.29. The molecule has 0 aliphatic rings. The monoisotopic (exact) mass is 371 g/mol. The first-order valence-corrected chi connectivity index (χ1v) is 8.46. The number of aryl methyl sites for hydroxylation is 2. The van der Waals surface area contributed by atoms with Crippen LogP contribution in [-0.2, 0) is 0 Å². The molecule has 0 aliphatic heterocycles. The van der Waals surface area contributed by atoms with Gasteiger partial charge in [0.15, 0.2) is 0 Å². The zero-order chi connectivity index (χ0) is 18.8. The van der Waals surface area contributed by atoms with Gasteiger partial charge in [0.05, 0.1) is 16.3 Å². The number of nitro groups is 1. The minimum Gasteiger partial charge on any atom is -0.321 e. The highest BCUT2D eigenvalue weighted by Gasteiger charge is 2.18. The second-order valence-electron chi connectivity index (χ2n) is 5.65. The van der Waals surface area contributed by atoms with E-state index in [1.807, 2.05) is 0 Å². The first-order chi connectivity index (χ1) is 12.3. The van der Waals surface area contributed by atoms with Gasteiger partial charge in [-0.1, -0.05) is 6.07 Å². The Morgan fingerprint density at radius 2 is 1.88 bits per heavy atom. The standard InChI is InChI=1S/C18H14FN3O3S/c1-10-3-8-14(22(24)25)9-15(10)21-17(23)16-11(2)20-18(26-16)12-4-6-13(19)7-5-12/h3-9H,1-2H3,(H,21,23). The minimum absolute atomic E-state index is 0.0982. The SMILES string of the molecule is Cc1ccc([N+](=O)[O-])cc1NC(=O)c1sc(-c2ccc(F)cc2)nc1C. The van der Waals surface area contributed by atoms with Gasteiger partial charge in [-0.3, -0.25) is 14.9 Å². The molecule has 6 nitrogen and oxygen atoms in total. The number of rotatable bonds is 4. The maximum atomic E-state index is 13.1. The molecule has 8 heteroatoms. The van der Waals surface area contributed by atoms with Gasteiger partial charge in [0, 0.05) is 17.7 Å². The number of aromatic nitrogens is 1. The number of non-ortho nitro benzene ring substituents is 1. The van der Waals surface area contributed by atoms with Crippen LogP contribution in [-0.4, -0.2) is 15.8 Å². The largest absolute Gasteiger partial charge is 0.321 e. The maximum absolute atomic E-state index is 13.1. The predicted octanol–water partition coefficient (Wildman–Crippen LogP) is 4.73. The van der Waals surface area contributed by atoms with Crippen molar-refractivity contribution in [2.75, 3.05) is 5.32 Å². The predicted molar refractivity (Wildman–Crippen MR) is 98.0 cm³/mol. The third-order valence-electron chi connectivity index (χ3n) is 3.77. The summed E-state index contributed by atoms with van der Waals surface area (Å²) in [5, 5.41) is 14.2. The van der Waals surface area contributed by atoms with Gasteiger partial charge < -0.3 is 5.32 Å². The molecule has 3 aromatic rings. The van der Waals surface area contributed by atoms with E-state index in [0.29, 0.717) is 32.4 Å². The third-order valence-corrected chi connectivity index (χ3v) is 4.98. The van der Waals surface area contributed by atoms with Gasteiger partial charge in [-0.15, -0.1) is 11.3 Å². The first-order valence-electron chi connectivity index (χ1n) is 7.65. The number of carbonyl (C=O) groups is 1. The van der Waals surface area contributed by atoms with E-state index >= 15 is 0 Å². The Bertz CT molecular complexity index is 999. The van der Waals surface area contributed by atoms with Crippen LogP contribution in [0.15, 0.2) is 42.5 Å². The zero-order valence-electron chi connectivity index (χ0n) is 13.9. The van der Waals surface area contributed by atoms with Gasteiger partial charge in [0.25, 0.3) is 11.6 Å². The van der Waals surface area contributed by atoms with Gasteiger partial charge in [-0.05, 0) is 43.7 Å². The number of nitrogens with zero attached hydrogens (tertiary/aromatic N) is 2. The molecule has 2 aromatic carbocycles. The summed E-state index contributed by atoms with van der Waals surface area (Å²) in [5.74, 6) is -0.738. The molecule has 1 heterocycles. The first kappa shape index (κ1) is 17.7. The summed E-state index contributed by atoms with van der Waals surface area (Å²) >= 11 is 1.18. The van der Waals surface area contributed by atoms with Gasteiger partial charge in [-0.2, -0.15) is 0 Å². The second-order valence-corrected chi connectivity index (χ2v) is 6.65. The van der Waals surface area contributed by atoms with Crippen molar-refractivity contribution in [3.63, 3.8) is 0 Å². The van der Waals surface area contributed by atoms with Gasteiger partial charge in [0.1, 0.15) is 15.7 Å². The van der Waals surface area contributed by atoms with E-state index in [-0.39, 0.29) is 11.5 Å². The van der Waals surface area contributed by atoms with Crippen LogP contribution in [0.1, 0.15) is 20.9 Å². The molecule has 1 aromatic heterocycles. The fourth-order valence-electron chi connectivity index (χ4n) is 2.36. The maximum Gasteiger partial charge on any atom is 0.271 e. The summed E-state index contributed by atoms with van der Waals surface area (Å²) < 4.78 is 13.1. The van der Waals surface area contributed by atoms with Crippen molar-refractivity contribution in [3.8, 4) is 10.6 Å². The highest BCUT2D eigenvalue weighted by molar-refractivity contribution is 7.17. The van der Waals surface area contributed by atoms with E-state index in [1.165, 1.54) is 35.6 Å². The minimum atomic E-state index is -0.514. The average Bonchev–Trinajstić information content (AvgIpc) is 2.99. The lowest BCUT2D eigenvalue weighted by molar-refractivity contribution is -0.384. The van der Waals surface area contributed by atoms with E-state index in [4.69, 9.17) is 0 Å². The fourth-order valence-corrected chi connectivity index (χ4v) is 3.33. The number of amides is 1. The lowest BCUT2D eigenvalue weighted by atomic mass is 10.2. The number of hydrogen-bond acceptors (Lipinski definition) is 5. The number of nitro benzene ring substituents is 1. The Morgan fingerprint density at radius 3 is 2.54 bits per heavy atom. The number of hydrogen-bond donors (Lipinski definition) is 1. The van der Waals surface area contributed by atoms with Crippen molar-refractivity contribution in [1.29, 1.82) is 0 Å². The van der Waals surface area contributed by atoms with E-state index in [0.717, 1.165) is 0 Å². The number of thiazole rings is 1. The summed E-state index contributed by atoms with van der Waals surface area (Å²) in [6.45, 7) is 3.46. The number of anilines is 1. The fraction of sp³-hybridized carbons (Fsp3) is 0.111. The number of carbonyl (C=O) groups excluding carboxylic acids is 1. The normalized spacial score (nSPS) is 10.6. The number of halogens is 1. The molecule has 0 bridgehead atoms. The Labute approximate surface area is 152 Å². The van der Waals surface area contributed by atoms with Crippen LogP contribution in [0.25, 0.3) is 10.6 Å². The zero-order valence-corrected chi connectivity index (χ0v) is 14.8. The van der Waals surface area contributed by atoms with Crippen LogP contribution in [0, 0.1) is 29.8 Å². The third kappa shape index (κ3) is 3.60. The van der Waals surface area contributed by atoms with Crippen LogP contribution < -0.4 is 5.32 Å². The van der Waals surface area contributed by atoms with Crippen LogP contribution in [0.2, 0.25) is 0 Å². The summed E-state index contributed by atoms with van der Waals surface area (Å²) in [5.41, 5.74) is 2.24. The lowest BCUT2D eigenvalue weighted by Gasteiger charge is -2.07. The van der Waals surface area contributed by atoms with Crippen LogP contribution in [0.4, 0.5) is 15.8 Å². The topological polar surface area (TPSA) is 85.1 Å². The molecule has 132 valence electrons. The van der Waals surface area contributed by atoms with Crippen molar-refractivity contribution in [2.45, 2.75) is 13.8 Å². The Hall–Kier alpha value is -3.13. The summed E-state index contributed by atoms with van der Waals surface area (Å²) in [6.07, 6.45) is 0. The molecular weight excluding hydrogens is 357 g/mol. The Morgan fingerprint density at radius 1 is 1.19 bits per heavy atom. The quantitative estimate of drug-likeness (QED) is 0.531. The summed E-state index contributed by atoms with van der Waals surface area (Å²) in [7, 11) is 0. The van der Waals surface area contributed by atoms with Crippen molar-refractivity contribution in [2.24, 2.45) is 0 Å². The molecule has 0 radical (unpaired) electrons. The Kier molecular flexibility index (Phi) is 4.77. The van der Waals surface area contributed by atoms with Crippen molar-refractivity contribution < 1.29 is 14.1 Å². The van der Waals surface area contributed by atoms with Gasteiger partial charge >= 0.3 is 0 Å². The molecule has 0 aliphatic carbocycles. The molecule has 0 fully saturated rings. The molecule has 0 spiro atoms. The van der Waals surface area contributed by atoms with Gasteiger partial charge in [0.2, 0.25) is 0 Å². The Balaban J connectivity index is 1.88. The van der Waals surface area contributed by atoms with E-state index in [2.05, 4.69) is 10.3 Å². The average molecular weight is 371 g/mol. The van der Waals surface area contributed by atoms with Gasteiger partial charge in [-0.25, -0.2) is 9.37 Å². The molecule has 0 saturated heterocycles. The molecular formula is C18H14FN3O3S. The van der Waals surface area contributed by atoms with Crippen LogP contribution in [0.3, 0.4) is 0 Å². The second kappa shape index (κ2) is 7.01. The molecule has 3 rings (SSSR count). The molecule has 0 unspecified atom stereocenters. The van der Waals surface area contributed by atoms with Crippen molar-refractivity contribution in [3.05, 3.63) is 74.5 Å². The molecule has 1 N–H and O–H groups in total. The number of nitrogens with one attached hydrogen (secondary N) is 1. The van der Waals surface area contributed by atoms with Crippen molar-refractivity contribution in [1.82, 2.24) is 4.98 Å². The van der Waals surface area contributed by atoms with E-state index < -0.39 is 10.8 Å². The van der Waals surface area contributed by atoms with E-state index in [1.54, 1.807) is 32.0 Å². The molecule has 1 amide bonds. The highest BCUT2D eigenvalue weighted by atomic mass is 32.1. The summed E-state index contributed by atoms with van der Waals surface area (Å²) in [6, 6.07) is 10.1. The lowest BCUT2D eigenvalue weighted by Crippen LogP contribution is -2.12. The smallest absolute Gasteiger partial charge is 0.271 e. The molecule has 0 atom stereocenters. The van der Waals surface area contributed by atoms with Crippen LogP contribution >= 0.6 is 11.3 Å². The number of benzene rings is 2.